The van der Waals surface area contributed by atoms with Crippen LogP contribution in [-0.2, 0) is 4.74 Å². The van der Waals surface area contributed by atoms with Gasteiger partial charge in [-0.05, 0) is 32.6 Å². The highest BCUT2D eigenvalue weighted by atomic mass is 16.5. The van der Waals surface area contributed by atoms with Gasteiger partial charge in [-0.15, -0.1) is 0 Å². The van der Waals surface area contributed by atoms with Crippen molar-refractivity contribution in [3.05, 3.63) is 0 Å². The summed E-state index contributed by atoms with van der Waals surface area (Å²) < 4.78 is 5.40. The van der Waals surface area contributed by atoms with E-state index in [1.807, 2.05) is 0 Å². The van der Waals surface area contributed by atoms with Crippen LogP contribution in [0.3, 0.4) is 0 Å². The van der Waals surface area contributed by atoms with Crippen LogP contribution in [0.5, 0.6) is 0 Å². The summed E-state index contributed by atoms with van der Waals surface area (Å²) in [5.74, 6) is 1.47. The first-order chi connectivity index (χ1) is 8.77. The van der Waals surface area contributed by atoms with Crippen LogP contribution in [0.4, 0.5) is 0 Å². The van der Waals surface area contributed by atoms with Gasteiger partial charge >= 0.3 is 0 Å². The van der Waals surface area contributed by atoms with E-state index in [2.05, 4.69) is 51.3 Å². The summed E-state index contributed by atoms with van der Waals surface area (Å²) in [4.78, 5) is 5.32. The first kappa shape index (κ1) is 15.3. The van der Waals surface area contributed by atoms with Gasteiger partial charge in [0.05, 0.1) is 18.8 Å². The van der Waals surface area contributed by atoms with Gasteiger partial charge in [-0.3, -0.25) is 9.80 Å². The Balaban J connectivity index is 1.92. The van der Waals surface area contributed by atoms with E-state index in [9.17, 15) is 0 Å². The summed E-state index contributed by atoms with van der Waals surface area (Å²) in [5.41, 5.74) is 0.622. The molecule has 0 bridgehead atoms. The number of rotatable bonds is 4. The molecule has 0 radical (unpaired) electrons. The van der Waals surface area contributed by atoms with Crippen LogP contribution < -0.4 is 0 Å². The van der Waals surface area contributed by atoms with Crippen LogP contribution in [0.1, 0.15) is 41.5 Å². The van der Waals surface area contributed by atoms with Gasteiger partial charge in [0.1, 0.15) is 0 Å². The molecule has 3 heteroatoms. The second-order valence-electron chi connectivity index (χ2n) is 7.65. The molecule has 2 saturated heterocycles. The fraction of sp³-hybridized carbons (Fsp3) is 1.00. The lowest BCUT2D eigenvalue weighted by molar-refractivity contribution is -0.146. The zero-order chi connectivity index (χ0) is 14.3. The van der Waals surface area contributed by atoms with Gasteiger partial charge in [-0.25, -0.2) is 0 Å². The Bertz CT molecular complexity index is 302. The van der Waals surface area contributed by atoms with Crippen LogP contribution in [0.15, 0.2) is 0 Å². The first-order valence-electron chi connectivity index (χ1n) is 7.85. The Morgan fingerprint density at radius 2 is 1.53 bits per heavy atom. The van der Waals surface area contributed by atoms with Crippen molar-refractivity contribution in [3.63, 3.8) is 0 Å². The normalized spacial score (nSPS) is 27.3. The molecule has 0 aromatic carbocycles. The molecule has 2 aliphatic rings. The molecule has 0 aromatic heterocycles. The molecule has 1 atom stereocenters. The topological polar surface area (TPSA) is 15.7 Å². The molecule has 19 heavy (non-hydrogen) atoms. The highest BCUT2D eigenvalue weighted by Gasteiger charge is 2.43. The van der Waals surface area contributed by atoms with Crippen molar-refractivity contribution in [2.75, 3.05) is 39.4 Å². The molecule has 112 valence electrons. The monoisotopic (exact) mass is 268 g/mol. The fourth-order valence-corrected chi connectivity index (χ4v) is 3.51. The third kappa shape index (κ3) is 2.84. The maximum atomic E-state index is 5.40. The number of piperazine rings is 1. The van der Waals surface area contributed by atoms with Crippen molar-refractivity contribution in [2.24, 2.45) is 11.8 Å². The minimum Gasteiger partial charge on any atom is -0.377 e. The second kappa shape index (κ2) is 5.34. The zero-order valence-corrected chi connectivity index (χ0v) is 13.7. The standard InChI is InChI=1S/C16H32N2O/c1-13(2)14(3)15(4,5)17-7-9-18(10-8-17)16(6)11-19-12-16/h13-14H,7-12H2,1-6H3. The van der Waals surface area contributed by atoms with Crippen LogP contribution in [-0.4, -0.2) is 60.3 Å². The molecule has 0 spiro atoms. The summed E-state index contributed by atoms with van der Waals surface area (Å²) in [6.45, 7) is 20.9. The number of ether oxygens (including phenoxy) is 1. The molecule has 0 amide bonds. The molecule has 1 unspecified atom stereocenters. The van der Waals surface area contributed by atoms with Gasteiger partial charge in [0.2, 0.25) is 0 Å². The third-order valence-electron chi connectivity index (χ3n) is 5.80. The summed E-state index contributed by atoms with van der Waals surface area (Å²) in [6.07, 6.45) is 0. The Labute approximate surface area is 119 Å². The van der Waals surface area contributed by atoms with Crippen LogP contribution >= 0.6 is 0 Å². The molecule has 0 aliphatic carbocycles. The Morgan fingerprint density at radius 3 is 1.89 bits per heavy atom. The SMILES string of the molecule is CC(C)C(C)C(C)(C)N1CCN(C2(C)COC2)CC1. The number of hydrogen-bond donors (Lipinski definition) is 0. The van der Waals surface area contributed by atoms with Crippen LogP contribution in [0, 0.1) is 11.8 Å². The van der Waals surface area contributed by atoms with Crippen molar-refractivity contribution in [3.8, 4) is 0 Å². The van der Waals surface area contributed by atoms with E-state index in [4.69, 9.17) is 4.74 Å². The van der Waals surface area contributed by atoms with Crippen molar-refractivity contribution >= 4 is 0 Å². The lowest BCUT2D eigenvalue weighted by atomic mass is 9.79. The van der Waals surface area contributed by atoms with Gasteiger partial charge in [-0.1, -0.05) is 20.8 Å². The smallest absolute Gasteiger partial charge is 0.0671 e. The molecule has 2 fully saturated rings. The maximum absolute atomic E-state index is 5.40. The Kier molecular flexibility index (Phi) is 4.29. The maximum Gasteiger partial charge on any atom is 0.0671 e. The van der Waals surface area contributed by atoms with Gasteiger partial charge < -0.3 is 4.74 Å². The lowest BCUT2D eigenvalue weighted by Gasteiger charge is -2.54. The zero-order valence-electron chi connectivity index (χ0n) is 13.7. The van der Waals surface area contributed by atoms with E-state index in [-0.39, 0.29) is 0 Å². The molecule has 0 aromatic rings. The number of nitrogens with zero attached hydrogens (tertiary/aromatic N) is 2. The fourth-order valence-electron chi connectivity index (χ4n) is 3.51. The van der Waals surface area contributed by atoms with E-state index < -0.39 is 0 Å². The van der Waals surface area contributed by atoms with Crippen molar-refractivity contribution in [1.82, 2.24) is 9.80 Å². The van der Waals surface area contributed by atoms with Gasteiger partial charge in [0.25, 0.3) is 0 Å². The minimum atomic E-state index is 0.303. The Morgan fingerprint density at radius 1 is 1.00 bits per heavy atom. The average Bonchev–Trinajstić information content (AvgIpc) is 2.35. The summed E-state index contributed by atoms with van der Waals surface area (Å²) in [7, 11) is 0. The van der Waals surface area contributed by atoms with Crippen molar-refractivity contribution < 1.29 is 4.74 Å². The highest BCUT2D eigenvalue weighted by molar-refractivity contribution is 4.97. The van der Waals surface area contributed by atoms with E-state index in [0.717, 1.165) is 25.0 Å². The quantitative estimate of drug-likeness (QED) is 0.779. The summed E-state index contributed by atoms with van der Waals surface area (Å²) in [5, 5.41) is 0. The third-order valence-corrected chi connectivity index (χ3v) is 5.80. The number of hydrogen-bond acceptors (Lipinski definition) is 3. The highest BCUT2D eigenvalue weighted by Crippen LogP contribution is 2.32. The first-order valence-corrected chi connectivity index (χ1v) is 7.85. The van der Waals surface area contributed by atoms with Crippen molar-refractivity contribution in [2.45, 2.75) is 52.6 Å². The molecule has 0 saturated carbocycles. The van der Waals surface area contributed by atoms with E-state index in [1.54, 1.807) is 0 Å². The second-order valence-corrected chi connectivity index (χ2v) is 7.65. The van der Waals surface area contributed by atoms with Crippen LogP contribution in [0.25, 0.3) is 0 Å². The summed E-state index contributed by atoms with van der Waals surface area (Å²) >= 11 is 0. The summed E-state index contributed by atoms with van der Waals surface area (Å²) in [6, 6.07) is 0. The largest absolute Gasteiger partial charge is 0.377 e. The molecule has 0 N–H and O–H groups in total. The van der Waals surface area contributed by atoms with E-state index in [1.165, 1.54) is 26.2 Å². The predicted octanol–water partition coefficient (Wildman–Crippen LogP) is 2.46. The Hall–Kier alpha value is -0.120. The molecular weight excluding hydrogens is 236 g/mol. The van der Waals surface area contributed by atoms with Crippen LogP contribution in [0.2, 0.25) is 0 Å². The van der Waals surface area contributed by atoms with Gasteiger partial charge in [0.15, 0.2) is 0 Å². The molecular formula is C16H32N2O. The van der Waals surface area contributed by atoms with Gasteiger partial charge in [0, 0.05) is 31.7 Å². The molecule has 3 nitrogen and oxygen atoms in total. The average molecular weight is 268 g/mol. The van der Waals surface area contributed by atoms with E-state index in [0.29, 0.717) is 11.1 Å². The lowest BCUT2D eigenvalue weighted by Crippen LogP contribution is -2.66. The van der Waals surface area contributed by atoms with E-state index >= 15 is 0 Å². The predicted molar refractivity (Wildman–Crippen MR) is 80.5 cm³/mol. The molecule has 2 rings (SSSR count). The van der Waals surface area contributed by atoms with Gasteiger partial charge in [-0.2, -0.15) is 0 Å². The minimum absolute atomic E-state index is 0.303. The van der Waals surface area contributed by atoms with Crippen molar-refractivity contribution in [1.29, 1.82) is 0 Å². The molecule has 2 heterocycles. The molecule has 2 aliphatic heterocycles.